The van der Waals surface area contributed by atoms with Gasteiger partial charge in [-0.2, -0.15) is 0 Å². The number of nitrogens with one attached hydrogen (secondary N) is 2. The number of oxazole rings is 1. The Morgan fingerprint density at radius 1 is 1.21 bits per heavy atom. The van der Waals surface area contributed by atoms with Crippen molar-refractivity contribution in [2.24, 2.45) is 11.8 Å². The van der Waals surface area contributed by atoms with E-state index in [2.05, 4.69) is 25.6 Å². The highest BCUT2D eigenvalue weighted by Gasteiger charge is 2.51. The van der Waals surface area contributed by atoms with E-state index in [-0.39, 0.29) is 17.7 Å². The third-order valence-electron chi connectivity index (χ3n) is 6.12. The van der Waals surface area contributed by atoms with Gasteiger partial charge in [0, 0.05) is 42.2 Å². The number of carbonyl (C=O) groups is 1. The number of rotatable bonds is 6. The lowest BCUT2D eigenvalue weighted by Gasteiger charge is -2.16. The smallest absolute Gasteiger partial charge is 0.229 e. The molecule has 5 rings (SSSR count). The van der Waals surface area contributed by atoms with Gasteiger partial charge in [-0.1, -0.05) is 0 Å². The highest BCUT2D eigenvalue weighted by Crippen LogP contribution is 2.46. The first-order chi connectivity index (χ1) is 15.8. The highest BCUT2D eigenvalue weighted by molar-refractivity contribution is 6.03. The molecule has 3 aromatic heterocycles. The van der Waals surface area contributed by atoms with E-state index in [0.29, 0.717) is 46.4 Å². The van der Waals surface area contributed by atoms with Crippen LogP contribution in [0.1, 0.15) is 20.3 Å². The zero-order valence-corrected chi connectivity index (χ0v) is 18.8. The van der Waals surface area contributed by atoms with Crippen molar-refractivity contribution in [2.75, 3.05) is 24.8 Å². The Morgan fingerprint density at radius 2 is 2.03 bits per heavy atom. The molecule has 1 amide bonds. The molecule has 1 aliphatic carbocycles. The van der Waals surface area contributed by atoms with Gasteiger partial charge in [-0.05, 0) is 44.4 Å². The van der Waals surface area contributed by atoms with E-state index in [1.807, 2.05) is 18.2 Å². The van der Waals surface area contributed by atoms with Crippen molar-refractivity contribution >= 4 is 39.4 Å². The second kappa shape index (κ2) is 7.70. The van der Waals surface area contributed by atoms with Gasteiger partial charge in [0.05, 0.1) is 18.3 Å². The lowest BCUT2D eigenvalue weighted by Crippen LogP contribution is -2.26. The van der Waals surface area contributed by atoms with E-state index in [9.17, 15) is 9.90 Å². The van der Waals surface area contributed by atoms with Gasteiger partial charge in [0.25, 0.3) is 0 Å². The molecule has 0 radical (unpaired) electrons. The second-order valence-corrected chi connectivity index (χ2v) is 8.83. The fourth-order valence-electron chi connectivity index (χ4n) is 4.21. The zero-order valence-electron chi connectivity index (χ0n) is 18.8. The number of aromatic nitrogens is 3. The molecule has 3 N–H and O–H groups in total. The number of benzene rings is 1. The van der Waals surface area contributed by atoms with Gasteiger partial charge in [0.15, 0.2) is 5.58 Å². The molecular formula is C24H25N5O4. The monoisotopic (exact) mass is 447 g/mol. The molecule has 0 saturated heterocycles. The molecule has 1 saturated carbocycles. The number of ether oxygens (including phenoxy) is 1. The number of anilines is 2. The predicted octanol–water partition coefficient (Wildman–Crippen LogP) is 3.83. The lowest BCUT2D eigenvalue weighted by molar-refractivity contribution is -0.118. The molecule has 4 aromatic rings. The van der Waals surface area contributed by atoms with E-state index < -0.39 is 5.60 Å². The van der Waals surface area contributed by atoms with Crippen molar-refractivity contribution in [3.8, 4) is 17.2 Å². The van der Waals surface area contributed by atoms with Crippen LogP contribution in [0.2, 0.25) is 0 Å². The molecule has 0 bridgehead atoms. The molecule has 2 atom stereocenters. The molecule has 1 fully saturated rings. The van der Waals surface area contributed by atoms with Crippen LogP contribution in [0.25, 0.3) is 33.3 Å². The number of amides is 1. The van der Waals surface area contributed by atoms with E-state index in [1.165, 1.54) is 0 Å². The number of nitrogens with zero attached hydrogens (tertiary/aromatic N) is 3. The standard InChI is InChI=1S/C24H25N5O4/c1-24(2,31)17-8-14(17)22(30)29-20-9-13-15(10-26-20)21(25-3)27-11-16(13)23-28-18-7-12(32-4)5-6-19(18)33-23/h5-7,9-11,14,17,31H,8H2,1-4H3,(H,25,27)(H,26,29,30)/t14-,17-/m0/s1. The first-order valence-electron chi connectivity index (χ1n) is 10.7. The van der Waals surface area contributed by atoms with Crippen molar-refractivity contribution in [1.82, 2.24) is 15.0 Å². The van der Waals surface area contributed by atoms with Crippen LogP contribution in [0.3, 0.4) is 0 Å². The summed E-state index contributed by atoms with van der Waals surface area (Å²) < 4.78 is 11.3. The average Bonchev–Trinajstić information content (AvgIpc) is 3.51. The molecule has 0 aliphatic heterocycles. The van der Waals surface area contributed by atoms with Crippen LogP contribution in [0.4, 0.5) is 11.6 Å². The van der Waals surface area contributed by atoms with E-state index in [0.717, 1.165) is 10.8 Å². The van der Waals surface area contributed by atoms with Gasteiger partial charge >= 0.3 is 0 Å². The van der Waals surface area contributed by atoms with Gasteiger partial charge in [-0.15, -0.1) is 0 Å². The SMILES string of the molecule is CNc1ncc(-c2nc3cc(OC)ccc3o2)c2cc(NC(=O)[C@H]3C[C@@H]3C(C)(C)O)ncc12. The predicted molar refractivity (Wildman–Crippen MR) is 125 cm³/mol. The summed E-state index contributed by atoms with van der Waals surface area (Å²) >= 11 is 0. The maximum absolute atomic E-state index is 12.7. The van der Waals surface area contributed by atoms with Crippen molar-refractivity contribution in [2.45, 2.75) is 25.9 Å². The van der Waals surface area contributed by atoms with E-state index in [4.69, 9.17) is 9.15 Å². The average molecular weight is 447 g/mol. The molecule has 0 spiro atoms. The molecule has 9 nitrogen and oxygen atoms in total. The number of hydrogen-bond acceptors (Lipinski definition) is 8. The van der Waals surface area contributed by atoms with Crippen LogP contribution in [0.5, 0.6) is 5.75 Å². The summed E-state index contributed by atoms with van der Waals surface area (Å²) in [4.78, 5) is 26.2. The third-order valence-corrected chi connectivity index (χ3v) is 6.12. The van der Waals surface area contributed by atoms with Crippen LogP contribution in [-0.4, -0.2) is 45.7 Å². The number of methoxy groups -OCH3 is 1. The first-order valence-corrected chi connectivity index (χ1v) is 10.7. The van der Waals surface area contributed by atoms with Gasteiger partial charge < -0.3 is 24.9 Å². The van der Waals surface area contributed by atoms with Gasteiger partial charge in [0.2, 0.25) is 11.8 Å². The van der Waals surface area contributed by atoms with Crippen LogP contribution < -0.4 is 15.4 Å². The van der Waals surface area contributed by atoms with Crippen molar-refractivity contribution < 1.29 is 19.1 Å². The summed E-state index contributed by atoms with van der Waals surface area (Å²) in [5.41, 5.74) is 1.10. The van der Waals surface area contributed by atoms with Gasteiger partial charge in [-0.25, -0.2) is 15.0 Å². The van der Waals surface area contributed by atoms with Crippen molar-refractivity contribution in [3.05, 3.63) is 36.7 Å². The number of pyridine rings is 2. The Morgan fingerprint density at radius 3 is 2.73 bits per heavy atom. The van der Waals surface area contributed by atoms with Crippen LogP contribution in [-0.2, 0) is 4.79 Å². The molecule has 170 valence electrons. The molecule has 1 aliphatic rings. The maximum atomic E-state index is 12.7. The summed E-state index contributed by atoms with van der Waals surface area (Å²) in [7, 11) is 3.39. The van der Waals surface area contributed by atoms with Crippen LogP contribution in [0.15, 0.2) is 41.1 Å². The van der Waals surface area contributed by atoms with E-state index in [1.54, 1.807) is 46.5 Å². The lowest BCUT2D eigenvalue weighted by atomic mass is 10.0. The minimum absolute atomic E-state index is 0.0506. The molecule has 0 unspecified atom stereocenters. The van der Waals surface area contributed by atoms with Gasteiger partial charge in [-0.3, -0.25) is 4.79 Å². The Balaban J connectivity index is 1.53. The minimum atomic E-state index is -0.880. The normalized spacial score (nSPS) is 17.8. The van der Waals surface area contributed by atoms with Crippen LogP contribution >= 0.6 is 0 Å². The van der Waals surface area contributed by atoms with Crippen molar-refractivity contribution in [1.29, 1.82) is 0 Å². The Hall–Kier alpha value is -3.72. The molecule has 33 heavy (non-hydrogen) atoms. The fraction of sp³-hybridized carbons (Fsp3) is 0.333. The summed E-state index contributed by atoms with van der Waals surface area (Å²) in [6, 6.07) is 7.22. The second-order valence-electron chi connectivity index (χ2n) is 8.83. The number of carbonyl (C=O) groups excluding carboxylic acids is 1. The highest BCUT2D eigenvalue weighted by atomic mass is 16.5. The molecule has 9 heteroatoms. The largest absolute Gasteiger partial charge is 0.497 e. The molecule has 3 heterocycles. The number of fused-ring (bicyclic) bond motifs is 2. The topological polar surface area (TPSA) is 122 Å². The third kappa shape index (κ3) is 3.84. The first kappa shape index (κ1) is 21.1. The number of aliphatic hydroxyl groups is 1. The quantitative estimate of drug-likeness (QED) is 0.408. The fourth-order valence-corrected chi connectivity index (χ4v) is 4.21. The number of hydrogen-bond donors (Lipinski definition) is 3. The van der Waals surface area contributed by atoms with E-state index >= 15 is 0 Å². The molecule has 1 aromatic carbocycles. The van der Waals surface area contributed by atoms with Crippen LogP contribution in [0, 0.1) is 11.8 Å². The zero-order chi connectivity index (χ0) is 23.3. The Kier molecular flexibility index (Phi) is 4.93. The minimum Gasteiger partial charge on any atom is -0.497 e. The summed E-state index contributed by atoms with van der Waals surface area (Å²) in [6.45, 7) is 3.46. The molecular weight excluding hydrogens is 422 g/mol. The van der Waals surface area contributed by atoms with Gasteiger partial charge in [0.1, 0.15) is 22.9 Å². The summed E-state index contributed by atoms with van der Waals surface area (Å²) in [6.07, 6.45) is 4.01. The van der Waals surface area contributed by atoms with Crippen molar-refractivity contribution in [3.63, 3.8) is 0 Å². The maximum Gasteiger partial charge on any atom is 0.229 e. The Bertz CT molecular complexity index is 1370. The Labute approximate surface area is 190 Å². The summed E-state index contributed by atoms with van der Waals surface area (Å²) in [5.74, 6) is 1.75. The summed E-state index contributed by atoms with van der Waals surface area (Å²) in [5, 5.41) is 17.7.